The fraction of sp³-hybridized carbons (Fsp3) is 0.917. The summed E-state index contributed by atoms with van der Waals surface area (Å²) in [5.74, 6) is 3.28. The third kappa shape index (κ3) is 2.65. The molecule has 4 aliphatic carbocycles. The van der Waals surface area contributed by atoms with Crippen LogP contribution in [0.2, 0.25) is 0 Å². The fourth-order valence-corrected chi connectivity index (χ4v) is 8.09. The molecule has 0 spiro atoms. The van der Waals surface area contributed by atoms with Gasteiger partial charge in [0.25, 0.3) is 0 Å². The molecule has 4 aliphatic rings. The van der Waals surface area contributed by atoms with E-state index in [-0.39, 0.29) is 11.5 Å². The predicted molar refractivity (Wildman–Crippen MR) is 107 cm³/mol. The maximum atomic E-state index is 11.5. The average molecular weight is 361 g/mol. The third-order valence-corrected chi connectivity index (χ3v) is 9.69. The fourth-order valence-electron chi connectivity index (χ4n) is 8.09. The van der Waals surface area contributed by atoms with Gasteiger partial charge in [0.05, 0.1) is 6.10 Å². The molecule has 2 heteroatoms. The minimum Gasteiger partial charge on any atom is -0.396 e. The molecule has 4 rings (SSSR count). The van der Waals surface area contributed by atoms with Gasteiger partial charge in [0, 0.05) is 12.0 Å². The molecular formula is C24H40O2. The maximum absolute atomic E-state index is 11.5. The Morgan fingerprint density at radius 3 is 2.73 bits per heavy atom. The lowest BCUT2D eigenvalue weighted by molar-refractivity contribution is -0.0935. The van der Waals surface area contributed by atoms with E-state index in [2.05, 4.69) is 26.8 Å². The van der Waals surface area contributed by atoms with E-state index >= 15 is 0 Å². The van der Waals surface area contributed by atoms with Gasteiger partial charge in [0.1, 0.15) is 0 Å². The van der Waals surface area contributed by atoms with Crippen LogP contribution in [0.1, 0.15) is 85.0 Å². The molecule has 2 nitrogen and oxygen atoms in total. The maximum Gasteiger partial charge on any atom is 0.0608 e. The zero-order valence-electron chi connectivity index (χ0n) is 17.2. The lowest BCUT2D eigenvalue weighted by Crippen LogP contribution is -2.54. The zero-order valence-corrected chi connectivity index (χ0v) is 17.2. The molecule has 8 atom stereocenters. The van der Waals surface area contributed by atoms with Crippen LogP contribution in [0.25, 0.3) is 0 Å². The highest BCUT2D eigenvalue weighted by molar-refractivity contribution is 5.29. The van der Waals surface area contributed by atoms with E-state index in [4.69, 9.17) is 0 Å². The second kappa shape index (κ2) is 6.92. The third-order valence-electron chi connectivity index (χ3n) is 9.69. The first-order chi connectivity index (χ1) is 12.4. The van der Waals surface area contributed by atoms with Crippen molar-refractivity contribution in [3.63, 3.8) is 0 Å². The molecule has 0 radical (unpaired) electrons. The van der Waals surface area contributed by atoms with Crippen LogP contribution in [0, 0.1) is 40.4 Å². The van der Waals surface area contributed by atoms with Crippen LogP contribution in [0.5, 0.6) is 0 Å². The summed E-state index contributed by atoms with van der Waals surface area (Å²) in [5, 5.41) is 20.7. The van der Waals surface area contributed by atoms with E-state index in [1.807, 2.05) is 0 Å². The smallest absolute Gasteiger partial charge is 0.0608 e. The second-order valence-electron chi connectivity index (χ2n) is 10.6. The SMILES string of the molecule is CC(CCCO)C1CCC2C3=CCC4CCCCC4(C)C3CC(O)C21C. The highest BCUT2D eigenvalue weighted by Crippen LogP contribution is 2.66. The summed E-state index contributed by atoms with van der Waals surface area (Å²) in [7, 11) is 0. The largest absolute Gasteiger partial charge is 0.396 e. The van der Waals surface area contributed by atoms with Crippen LogP contribution in [-0.2, 0) is 0 Å². The number of fused-ring (bicyclic) bond motifs is 5. The van der Waals surface area contributed by atoms with E-state index in [9.17, 15) is 10.2 Å². The molecule has 3 saturated carbocycles. The first kappa shape index (κ1) is 19.0. The molecule has 0 saturated heterocycles. The number of aliphatic hydroxyl groups is 2. The standard InChI is InChI=1S/C24H40O2/c1-16(7-6-14-25)19-11-12-20-18-10-9-17-8-4-5-13-23(17,2)21(18)15-22(26)24(19,20)3/h10,16-17,19-22,25-26H,4-9,11-15H2,1-3H3. The van der Waals surface area contributed by atoms with Crippen LogP contribution in [-0.4, -0.2) is 22.9 Å². The van der Waals surface area contributed by atoms with Gasteiger partial charge < -0.3 is 10.2 Å². The Kier molecular flexibility index (Phi) is 5.06. The van der Waals surface area contributed by atoms with Crippen LogP contribution < -0.4 is 0 Å². The molecule has 26 heavy (non-hydrogen) atoms. The predicted octanol–water partition coefficient (Wildman–Crippen LogP) is 5.33. The molecule has 0 aliphatic heterocycles. The minimum absolute atomic E-state index is 0.0507. The molecule has 8 unspecified atom stereocenters. The van der Waals surface area contributed by atoms with E-state index < -0.39 is 0 Å². The number of allylic oxidation sites excluding steroid dienone is 2. The number of hydrogen-bond acceptors (Lipinski definition) is 2. The summed E-state index contributed by atoms with van der Waals surface area (Å²) in [6.45, 7) is 7.62. The molecule has 0 heterocycles. The van der Waals surface area contributed by atoms with Gasteiger partial charge in [-0.3, -0.25) is 0 Å². The van der Waals surface area contributed by atoms with Crippen molar-refractivity contribution in [3.05, 3.63) is 11.6 Å². The first-order valence-electron chi connectivity index (χ1n) is 11.4. The lowest BCUT2D eigenvalue weighted by atomic mass is 9.47. The normalized spacial score (nSPS) is 49.0. The van der Waals surface area contributed by atoms with E-state index in [1.54, 1.807) is 5.57 Å². The van der Waals surface area contributed by atoms with Gasteiger partial charge in [0.2, 0.25) is 0 Å². The number of aliphatic hydroxyl groups excluding tert-OH is 2. The van der Waals surface area contributed by atoms with Crippen molar-refractivity contribution in [1.29, 1.82) is 0 Å². The Morgan fingerprint density at radius 2 is 1.96 bits per heavy atom. The van der Waals surface area contributed by atoms with Crippen molar-refractivity contribution in [2.24, 2.45) is 40.4 Å². The molecule has 2 N–H and O–H groups in total. The minimum atomic E-state index is -0.156. The van der Waals surface area contributed by atoms with Crippen LogP contribution in [0.15, 0.2) is 11.6 Å². The average Bonchev–Trinajstić information content (AvgIpc) is 2.99. The number of rotatable bonds is 4. The molecule has 0 aromatic heterocycles. The summed E-state index contributed by atoms with van der Waals surface area (Å²) in [6.07, 6.45) is 14.8. The van der Waals surface area contributed by atoms with Crippen molar-refractivity contribution in [2.45, 2.75) is 91.1 Å². The van der Waals surface area contributed by atoms with Crippen molar-refractivity contribution in [3.8, 4) is 0 Å². The Labute approximate surface area is 160 Å². The van der Waals surface area contributed by atoms with Crippen LogP contribution in [0.4, 0.5) is 0 Å². The van der Waals surface area contributed by atoms with Crippen molar-refractivity contribution < 1.29 is 10.2 Å². The molecular weight excluding hydrogens is 320 g/mol. The Morgan fingerprint density at radius 1 is 1.15 bits per heavy atom. The van der Waals surface area contributed by atoms with Gasteiger partial charge in [-0.1, -0.05) is 45.3 Å². The Hall–Kier alpha value is -0.340. The van der Waals surface area contributed by atoms with E-state index in [0.29, 0.717) is 35.7 Å². The van der Waals surface area contributed by atoms with Crippen molar-refractivity contribution >= 4 is 0 Å². The van der Waals surface area contributed by atoms with Gasteiger partial charge in [-0.2, -0.15) is 0 Å². The summed E-state index contributed by atoms with van der Waals surface area (Å²) in [6, 6.07) is 0. The molecule has 148 valence electrons. The highest BCUT2D eigenvalue weighted by atomic mass is 16.3. The molecule has 0 bridgehead atoms. The molecule has 0 amide bonds. The van der Waals surface area contributed by atoms with E-state index in [0.717, 1.165) is 25.2 Å². The van der Waals surface area contributed by atoms with Gasteiger partial charge in [0.15, 0.2) is 0 Å². The summed E-state index contributed by atoms with van der Waals surface area (Å²) in [5.41, 5.74) is 2.23. The summed E-state index contributed by atoms with van der Waals surface area (Å²) < 4.78 is 0. The molecule has 0 aromatic carbocycles. The van der Waals surface area contributed by atoms with Gasteiger partial charge >= 0.3 is 0 Å². The number of hydrogen-bond donors (Lipinski definition) is 2. The van der Waals surface area contributed by atoms with Gasteiger partial charge in [-0.25, -0.2) is 0 Å². The lowest BCUT2D eigenvalue weighted by Gasteiger charge is -2.58. The van der Waals surface area contributed by atoms with Gasteiger partial charge in [-0.05, 0) is 86.4 Å². The van der Waals surface area contributed by atoms with E-state index in [1.165, 1.54) is 44.9 Å². The quantitative estimate of drug-likeness (QED) is 0.665. The van der Waals surface area contributed by atoms with Crippen LogP contribution in [0.3, 0.4) is 0 Å². The molecule has 3 fully saturated rings. The van der Waals surface area contributed by atoms with Crippen molar-refractivity contribution in [2.75, 3.05) is 6.61 Å². The highest BCUT2D eigenvalue weighted by Gasteiger charge is 2.61. The second-order valence-corrected chi connectivity index (χ2v) is 10.6. The topological polar surface area (TPSA) is 40.5 Å². The molecule has 0 aromatic rings. The van der Waals surface area contributed by atoms with Gasteiger partial charge in [-0.15, -0.1) is 0 Å². The first-order valence-corrected chi connectivity index (χ1v) is 11.4. The Balaban J connectivity index is 1.63. The summed E-state index contributed by atoms with van der Waals surface area (Å²) >= 11 is 0. The zero-order chi connectivity index (χ0) is 18.5. The monoisotopic (exact) mass is 360 g/mol. The van der Waals surface area contributed by atoms with Crippen LogP contribution >= 0.6 is 0 Å². The Bertz CT molecular complexity index is 554. The summed E-state index contributed by atoms with van der Waals surface area (Å²) in [4.78, 5) is 0. The van der Waals surface area contributed by atoms with Crippen molar-refractivity contribution in [1.82, 2.24) is 0 Å².